The SMILES string of the molecule is CC[C@H](C)N(Cc1c(C)nn(-c2ccccc2)c1Oc1ccc(OC)cc1)C[C@@H](O)COC(C)C. The largest absolute Gasteiger partial charge is 0.497 e. The van der Waals surface area contributed by atoms with Crippen molar-refractivity contribution in [1.82, 2.24) is 14.7 Å². The van der Waals surface area contributed by atoms with Gasteiger partial charge in [-0.2, -0.15) is 5.10 Å². The number of nitrogens with zero attached hydrogens (tertiary/aromatic N) is 3. The molecule has 0 aliphatic heterocycles. The molecule has 7 nitrogen and oxygen atoms in total. The fourth-order valence-electron chi connectivity index (χ4n) is 3.81. The molecule has 0 saturated carbocycles. The second-order valence-electron chi connectivity index (χ2n) is 9.12. The highest BCUT2D eigenvalue weighted by molar-refractivity contribution is 5.44. The molecule has 2 atom stereocenters. The highest BCUT2D eigenvalue weighted by Gasteiger charge is 2.25. The van der Waals surface area contributed by atoms with E-state index in [4.69, 9.17) is 19.3 Å². The van der Waals surface area contributed by atoms with E-state index in [-0.39, 0.29) is 12.1 Å². The first kappa shape index (κ1) is 26.7. The van der Waals surface area contributed by atoms with Gasteiger partial charge in [-0.05, 0) is 70.5 Å². The molecule has 0 aliphatic rings. The van der Waals surface area contributed by atoms with Gasteiger partial charge in [-0.15, -0.1) is 0 Å². The predicted octanol–water partition coefficient (Wildman–Crippen LogP) is 5.37. The monoisotopic (exact) mass is 481 g/mol. The minimum absolute atomic E-state index is 0.0811. The van der Waals surface area contributed by atoms with E-state index in [9.17, 15) is 5.11 Å². The zero-order valence-electron chi connectivity index (χ0n) is 21.8. The molecule has 0 radical (unpaired) electrons. The van der Waals surface area contributed by atoms with Gasteiger partial charge < -0.3 is 19.3 Å². The Labute approximate surface area is 209 Å². The van der Waals surface area contributed by atoms with E-state index in [1.54, 1.807) is 7.11 Å². The highest BCUT2D eigenvalue weighted by Crippen LogP contribution is 2.33. The average molecular weight is 482 g/mol. The van der Waals surface area contributed by atoms with Gasteiger partial charge in [0.1, 0.15) is 11.5 Å². The average Bonchev–Trinajstić information content (AvgIpc) is 3.17. The predicted molar refractivity (Wildman–Crippen MR) is 139 cm³/mol. The Kier molecular flexibility index (Phi) is 9.72. The zero-order valence-corrected chi connectivity index (χ0v) is 21.8. The highest BCUT2D eigenvalue weighted by atomic mass is 16.5. The van der Waals surface area contributed by atoms with E-state index < -0.39 is 6.10 Å². The fraction of sp³-hybridized carbons (Fsp3) is 0.464. The number of benzene rings is 2. The first-order valence-electron chi connectivity index (χ1n) is 12.3. The fourth-order valence-corrected chi connectivity index (χ4v) is 3.81. The molecule has 0 aliphatic carbocycles. The van der Waals surface area contributed by atoms with E-state index in [2.05, 4.69) is 18.7 Å². The Morgan fingerprint density at radius 1 is 1.00 bits per heavy atom. The second kappa shape index (κ2) is 12.7. The lowest BCUT2D eigenvalue weighted by Gasteiger charge is -2.30. The quantitative estimate of drug-likeness (QED) is 0.354. The van der Waals surface area contributed by atoms with Crippen molar-refractivity contribution in [2.24, 2.45) is 0 Å². The Morgan fingerprint density at radius 2 is 1.66 bits per heavy atom. The molecule has 3 rings (SSSR count). The Balaban J connectivity index is 1.95. The number of ether oxygens (including phenoxy) is 3. The smallest absolute Gasteiger partial charge is 0.227 e. The number of aromatic nitrogens is 2. The number of aliphatic hydroxyl groups is 1. The number of para-hydroxylation sites is 1. The third-order valence-corrected chi connectivity index (χ3v) is 6.05. The van der Waals surface area contributed by atoms with E-state index in [0.717, 1.165) is 29.1 Å². The Morgan fingerprint density at radius 3 is 2.26 bits per heavy atom. The first-order valence-corrected chi connectivity index (χ1v) is 12.3. The number of hydrogen-bond donors (Lipinski definition) is 1. The van der Waals surface area contributed by atoms with Crippen LogP contribution in [0.2, 0.25) is 0 Å². The van der Waals surface area contributed by atoms with Crippen molar-refractivity contribution >= 4 is 0 Å². The maximum atomic E-state index is 10.7. The molecule has 0 saturated heterocycles. The van der Waals surface area contributed by atoms with Crippen molar-refractivity contribution in [2.45, 2.75) is 65.8 Å². The normalized spacial score (nSPS) is 13.3. The van der Waals surface area contributed by atoms with Crippen LogP contribution in [0.25, 0.3) is 5.69 Å². The molecule has 1 aromatic heterocycles. The number of aryl methyl sites for hydroxylation is 1. The molecule has 3 aromatic rings. The van der Waals surface area contributed by atoms with Gasteiger partial charge in [-0.1, -0.05) is 25.1 Å². The summed E-state index contributed by atoms with van der Waals surface area (Å²) in [7, 11) is 1.64. The lowest BCUT2D eigenvalue weighted by atomic mass is 10.1. The Bertz CT molecular complexity index is 1030. The molecule has 35 heavy (non-hydrogen) atoms. The summed E-state index contributed by atoms with van der Waals surface area (Å²) in [5.74, 6) is 2.13. The number of rotatable bonds is 13. The van der Waals surface area contributed by atoms with Crippen LogP contribution in [-0.4, -0.2) is 58.3 Å². The minimum Gasteiger partial charge on any atom is -0.497 e. The number of hydrogen-bond acceptors (Lipinski definition) is 6. The molecule has 0 spiro atoms. The number of methoxy groups -OCH3 is 1. The molecule has 7 heteroatoms. The van der Waals surface area contributed by atoms with Crippen LogP contribution in [-0.2, 0) is 11.3 Å². The Hall–Kier alpha value is -2.87. The van der Waals surface area contributed by atoms with Crippen LogP contribution in [0.1, 0.15) is 45.4 Å². The standard InChI is InChI=1S/C28H39N3O4/c1-7-21(4)30(17-24(32)19-34-20(2)3)18-27-22(5)29-31(23-11-9-8-10-12-23)28(27)35-26-15-13-25(33-6)14-16-26/h8-16,20-21,24,32H,7,17-19H2,1-6H3/t21-,24+/m0/s1. The van der Waals surface area contributed by atoms with Gasteiger partial charge in [0, 0.05) is 19.1 Å². The summed E-state index contributed by atoms with van der Waals surface area (Å²) in [6, 6.07) is 17.8. The molecule has 1 N–H and O–H groups in total. The summed E-state index contributed by atoms with van der Waals surface area (Å²) in [6.07, 6.45) is 0.456. The summed E-state index contributed by atoms with van der Waals surface area (Å²) < 4.78 is 19.2. The van der Waals surface area contributed by atoms with Crippen LogP contribution < -0.4 is 9.47 Å². The van der Waals surface area contributed by atoms with E-state index in [1.165, 1.54) is 0 Å². The van der Waals surface area contributed by atoms with Gasteiger partial charge in [0.15, 0.2) is 0 Å². The minimum atomic E-state index is -0.582. The van der Waals surface area contributed by atoms with Crippen molar-refractivity contribution in [3.05, 3.63) is 65.9 Å². The molecule has 190 valence electrons. The first-order chi connectivity index (χ1) is 16.8. The maximum absolute atomic E-state index is 10.7. The van der Waals surface area contributed by atoms with Crippen molar-refractivity contribution in [3.63, 3.8) is 0 Å². The topological polar surface area (TPSA) is 69.0 Å². The molecule has 0 fully saturated rings. The van der Waals surface area contributed by atoms with Gasteiger partial charge in [-0.3, -0.25) is 4.90 Å². The van der Waals surface area contributed by atoms with Crippen LogP contribution in [0, 0.1) is 6.92 Å². The molecule has 0 amide bonds. The molecule has 1 heterocycles. The van der Waals surface area contributed by atoms with Gasteiger partial charge in [0.25, 0.3) is 0 Å². The molecular weight excluding hydrogens is 442 g/mol. The van der Waals surface area contributed by atoms with Crippen molar-refractivity contribution in [1.29, 1.82) is 0 Å². The zero-order chi connectivity index (χ0) is 25.4. The molecule has 2 aromatic carbocycles. The van der Waals surface area contributed by atoms with Crippen molar-refractivity contribution in [3.8, 4) is 23.1 Å². The van der Waals surface area contributed by atoms with Crippen LogP contribution in [0.3, 0.4) is 0 Å². The van der Waals surface area contributed by atoms with Gasteiger partial charge in [0.2, 0.25) is 5.88 Å². The van der Waals surface area contributed by atoms with E-state index >= 15 is 0 Å². The van der Waals surface area contributed by atoms with Gasteiger partial charge in [-0.25, -0.2) is 4.68 Å². The summed E-state index contributed by atoms with van der Waals surface area (Å²) >= 11 is 0. The summed E-state index contributed by atoms with van der Waals surface area (Å²) in [5.41, 5.74) is 2.80. The third-order valence-electron chi connectivity index (χ3n) is 6.05. The molecule has 0 bridgehead atoms. The van der Waals surface area contributed by atoms with Gasteiger partial charge in [0.05, 0.1) is 42.9 Å². The van der Waals surface area contributed by atoms with Gasteiger partial charge >= 0.3 is 0 Å². The second-order valence-corrected chi connectivity index (χ2v) is 9.12. The summed E-state index contributed by atoms with van der Waals surface area (Å²) in [4.78, 5) is 2.27. The number of aliphatic hydroxyl groups excluding tert-OH is 1. The third kappa shape index (κ3) is 7.31. The van der Waals surface area contributed by atoms with Crippen LogP contribution >= 0.6 is 0 Å². The van der Waals surface area contributed by atoms with Crippen molar-refractivity contribution < 1.29 is 19.3 Å². The van der Waals surface area contributed by atoms with E-state index in [1.807, 2.05) is 80.1 Å². The summed E-state index contributed by atoms with van der Waals surface area (Å²) in [5, 5.41) is 15.5. The van der Waals surface area contributed by atoms with E-state index in [0.29, 0.717) is 31.3 Å². The van der Waals surface area contributed by atoms with Crippen LogP contribution in [0.4, 0.5) is 0 Å². The lowest BCUT2D eigenvalue weighted by Crippen LogP contribution is -2.40. The molecule has 0 unspecified atom stereocenters. The maximum Gasteiger partial charge on any atom is 0.227 e. The van der Waals surface area contributed by atoms with Crippen molar-refractivity contribution in [2.75, 3.05) is 20.3 Å². The van der Waals surface area contributed by atoms with Crippen LogP contribution in [0.15, 0.2) is 54.6 Å². The van der Waals surface area contributed by atoms with Crippen LogP contribution in [0.5, 0.6) is 17.4 Å². The lowest BCUT2D eigenvalue weighted by molar-refractivity contribution is -0.0150. The summed E-state index contributed by atoms with van der Waals surface area (Å²) in [6.45, 7) is 11.7. The molecular formula is C28H39N3O4.